The van der Waals surface area contributed by atoms with Crippen molar-refractivity contribution < 1.29 is 14.3 Å². The third-order valence-corrected chi connectivity index (χ3v) is 6.23. The molecular weight excluding hydrogens is 524 g/mol. The highest BCUT2D eigenvalue weighted by Gasteiger charge is 2.34. The minimum atomic E-state index is -0.284. The number of hydrogen-bond donors (Lipinski definition) is 0. The van der Waals surface area contributed by atoms with Crippen molar-refractivity contribution in [1.29, 1.82) is 0 Å². The van der Waals surface area contributed by atoms with Crippen molar-refractivity contribution in [2.75, 3.05) is 13.2 Å². The number of imide groups is 1. The molecule has 29 heavy (non-hydrogen) atoms. The molecule has 4 nitrogen and oxygen atoms in total. The van der Waals surface area contributed by atoms with Gasteiger partial charge in [-0.15, -0.1) is 0 Å². The van der Waals surface area contributed by atoms with Crippen molar-refractivity contribution in [3.05, 3.63) is 85.4 Å². The Bertz CT molecular complexity index is 1100. The second-order valence-corrected chi connectivity index (χ2v) is 8.41. The fraction of sp³-hybridized carbons (Fsp3) is 0.0909. The average Bonchev–Trinajstić information content (AvgIpc) is 2.96. The number of fused-ring (bicyclic) bond motifs is 1. The summed E-state index contributed by atoms with van der Waals surface area (Å²) in [6.45, 7) is 0.383. The lowest BCUT2D eigenvalue weighted by atomic mass is 10.1. The lowest BCUT2D eigenvalue weighted by Crippen LogP contribution is -2.33. The fourth-order valence-electron chi connectivity index (χ4n) is 3.19. The van der Waals surface area contributed by atoms with Gasteiger partial charge < -0.3 is 4.74 Å². The van der Waals surface area contributed by atoms with Crippen molar-refractivity contribution in [3.63, 3.8) is 0 Å². The van der Waals surface area contributed by atoms with Gasteiger partial charge in [0.25, 0.3) is 11.8 Å². The van der Waals surface area contributed by atoms with Crippen molar-refractivity contribution in [1.82, 2.24) is 4.90 Å². The molecule has 0 unspecified atom stereocenters. The maximum atomic E-state index is 12.4. The Morgan fingerprint density at radius 1 is 0.828 bits per heavy atom. The molecule has 0 aliphatic carbocycles. The van der Waals surface area contributed by atoms with Crippen LogP contribution in [0.1, 0.15) is 20.7 Å². The monoisotopic (exact) mass is 537 g/mol. The third-order valence-electron chi connectivity index (χ3n) is 4.62. The van der Waals surface area contributed by atoms with Crippen LogP contribution in [-0.4, -0.2) is 29.9 Å². The van der Waals surface area contributed by atoms with Crippen LogP contribution < -0.4 is 4.74 Å². The van der Waals surface area contributed by atoms with Gasteiger partial charge in [0.15, 0.2) is 0 Å². The summed E-state index contributed by atoms with van der Waals surface area (Å²) in [5.41, 5.74) is 2.76. The summed E-state index contributed by atoms with van der Waals surface area (Å²) in [4.78, 5) is 26.0. The molecule has 0 radical (unpaired) electrons. The first-order valence-electron chi connectivity index (χ1n) is 8.78. The van der Waals surface area contributed by atoms with Crippen LogP contribution in [0.15, 0.2) is 60.7 Å². The summed E-state index contributed by atoms with van der Waals surface area (Å²) in [7, 11) is 0. The molecule has 1 aliphatic rings. The number of amides is 2. The molecule has 146 valence electrons. The van der Waals surface area contributed by atoms with Crippen molar-refractivity contribution in [2.24, 2.45) is 0 Å². The number of nitrogens with zero attached hydrogens (tertiary/aromatic N) is 1. The molecule has 0 saturated heterocycles. The summed E-state index contributed by atoms with van der Waals surface area (Å²) in [6, 6.07) is 18.0. The highest BCUT2D eigenvalue weighted by Crippen LogP contribution is 2.34. The zero-order valence-corrected chi connectivity index (χ0v) is 18.7. The van der Waals surface area contributed by atoms with E-state index < -0.39 is 0 Å². The van der Waals surface area contributed by atoms with E-state index >= 15 is 0 Å². The number of carbonyl (C=O) groups is 2. The second-order valence-electron chi connectivity index (χ2n) is 6.43. The fourth-order valence-corrected chi connectivity index (χ4v) is 4.48. The maximum absolute atomic E-state index is 12.4. The van der Waals surface area contributed by atoms with Crippen LogP contribution >= 0.6 is 45.8 Å². The Morgan fingerprint density at radius 3 is 2.17 bits per heavy atom. The van der Waals surface area contributed by atoms with Crippen LogP contribution in [0.4, 0.5) is 0 Å². The van der Waals surface area contributed by atoms with Crippen molar-refractivity contribution in [3.8, 4) is 16.9 Å². The Labute approximate surface area is 191 Å². The van der Waals surface area contributed by atoms with Gasteiger partial charge in [-0.25, -0.2) is 0 Å². The Morgan fingerprint density at radius 2 is 1.48 bits per heavy atom. The maximum Gasteiger partial charge on any atom is 0.261 e. The van der Waals surface area contributed by atoms with Gasteiger partial charge in [0, 0.05) is 3.57 Å². The molecule has 0 N–H and O–H groups in total. The number of hydrogen-bond acceptors (Lipinski definition) is 3. The molecule has 0 spiro atoms. The quantitative estimate of drug-likeness (QED) is 0.230. The van der Waals surface area contributed by atoms with E-state index in [1.807, 2.05) is 36.4 Å². The Kier molecular flexibility index (Phi) is 5.81. The first-order chi connectivity index (χ1) is 14.0. The standard InChI is InChI=1S/C22H14Cl2INO3/c23-18-11-17(20(25)12-19(18)24)13-4-3-5-14(10-13)29-9-8-26-21(27)15-6-1-2-7-16(15)22(26)28/h1-7,10-12H,8-9H2. The summed E-state index contributed by atoms with van der Waals surface area (Å²) < 4.78 is 6.78. The Balaban J connectivity index is 1.46. The van der Waals surface area contributed by atoms with Crippen LogP contribution in [0.5, 0.6) is 5.75 Å². The number of ether oxygens (including phenoxy) is 1. The average molecular weight is 538 g/mol. The topological polar surface area (TPSA) is 46.6 Å². The molecule has 2 amide bonds. The first-order valence-corrected chi connectivity index (χ1v) is 10.6. The normalized spacial score (nSPS) is 13.0. The minimum absolute atomic E-state index is 0.181. The minimum Gasteiger partial charge on any atom is -0.492 e. The zero-order valence-electron chi connectivity index (χ0n) is 15.0. The predicted molar refractivity (Wildman–Crippen MR) is 122 cm³/mol. The number of benzene rings is 3. The van der Waals surface area contributed by atoms with Gasteiger partial charge in [-0.1, -0.05) is 47.5 Å². The van der Waals surface area contributed by atoms with Gasteiger partial charge in [0.1, 0.15) is 12.4 Å². The summed E-state index contributed by atoms with van der Waals surface area (Å²) >= 11 is 14.4. The van der Waals surface area contributed by atoms with E-state index in [1.165, 1.54) is 4.90 Å². The highest BCUT2D eigenvalue weighted by atomic mass is 127. The first kappa shape index (κ1) is 20.2. The van der Waals surface area contributed by atoms with Crippen molar-refractivity contribution >= 4 is 57.6 Å². The number of halogens is 3. The van der Waals surface area contributed by atoms with Crippen LogP contribution in [0.3, 0.4) is 0 Å². The molecule has 0 fully saturated rings. The summed E-state index contributed by atoms with van der Waals surface area (Å²) in [5.74, 6) is 0.0719. The van der Waals surface area contributed by atoms with E-state index in [0.29, 0.717) is 26.9 Å². The van der Waals surface area contributed by atoms with Gasteiger partial charge in [-0.3, -0.25) is 14.5 Å². The highest BCUT2D eigenvalue weighted by molar-refractivity contribution is 14.1. The molecule has 3 aromatic rings. The molecule has 0 atom stereocenters. The van der Waals surface area contributed by atoms with Crippen LogP contribution in [0.25, 0.3) is 11.1 Å². The predicted octanol–water partition coefficient (Wildman–Crippen LogP) is 5.94. The molecule has 0 aromatic heterocycles. The molecular formula is C22H14Cl2INO3. The molecule has 3 aromatic carbocycles. The van der Waals surface area contributed by atoms with Crippen LogP contribution in [0, 0.1) is 3.57 Å². The number of rotatable bonds is 5. The van der Waals surface area contributed by atoms with Gasteiger partial charge in [-0.05, 0) is 70.1 Å². The lowest BCUT2D eigenvalue weighted by Gasteiger charge is -2.15. The number of carbonyl (C=O) groups excluding carboxylic acids is 2. The zero-order chi connectivity index (χ0) is 20.5. The third kappa shape index (κ3) is 3.99. The van der Waals surface area contributed by atoms with E-state index in [1.54, 1.807) is 24.3 Å². The molecule has 4 rings (SSSR count). The van der Waals surface area contributed by atoms with Gasteiger partial charge in [-0.2, -0.15) is 0 Å². The largest absolute Gasteiger partial charge is 0.492 e. The second kappa shape index (κ2) is 8.34. The lowest BCUT2D eigenvalue weighted by molar-refractivity contribution is 0.0631. The Hall–Kier alpha value is -2.09. The summed E-state index contributed by atoms with van der Waals surface area (Å²) in [6.07, 6.45) is 0. The van der Waals surface area contributed by atoms with Crippen LogP contribution in [-0.2, 0) is 0 Å². The smallest absolute Gasteiger partial charge is 0.261 e. The van der Waals surface area contributed by atoms with E-state index in [0.717, 1.165) is 14.7 Å². The van der Waals surface area contributed by atoms with Gasteiger partial charge in [0.2, 0.25) is 0 Å². The SMILES string of the molecule is O=C1c2ccccc2C(=O)N1CCOc1cccc(-c2cc(Cl)c(Cl)cc2I)c1. The molecule has 0 bridgehead atoms. The van der Waals surface area contributed by atoms with E-state index in [-0.39, 0.29) is 25.0 Å². The van der Waals surface area contributed by atoms with E-state index in [9.17, 15) is 9.59 Å². The van der Waals surface area contributed by atoms with E-state index in [2.05, 4.69) is 22.6 Å². The van der Waals surface area contributed by atoms with Crippen molar-refractivity contribution in [2.45, 2.75) is 0 Å². The molecule has 1 heterocycles. The molecule has 0 saturated carbocycles. The van der Waals surface area contributed by atoms with Crippen LogP contribution in [0.2, 0.25) is 10.0 Å². The molecule has 7 heteroatoms. The summed E-state index contributed by atoms with van der Waals surface area (Å²) in [5, 5.41) is 0.993. The van der Waals surface area contributed by atoms with Gasteiger partial charge >= 0.3 is 0 Å². The van der Waals surface area contributed by atoms with Gasteiger partial charge in [0.05, 0.1) is 27.7 Å². The van der Waals surface area contributed by atoms with E-state index in [4.69, 9.17) is 27.9 Å². The molecule has 1 aliphatic heterocycles.